The number of nitrogens with zero attached hydrogens (tertiary/aromatic N) is 1. The summed E-state index contributed by atoms with van der Waals surface area (Å²) >= 11 is 0. The van der Waals surface area contributed by atoms with E-state index in [-0.39, 0.29) is 13.0 Å². The highest BCUT2D eigenvalue weighted by Crippen LogP contribution is 2.19. The molecule has 10 heteroatoms. The Morgan fingerprint density at radius 1 is 1.04 bits per heavy atom. The van der Waals surface area contributed by atoms with E-state index in [1.165, 1.54) is 6.92 Å². The van der Waals surface area contributed by atoms with Gasteiger partial charge in [-0.3, -0.25) is 19.2 Å². The third-order valence-corrected chi connectivity index (χ3v) is 4.49. The first-order valence-corrected chi connectivity index (χ1v) is 8.79. The lowest BCUT2D eigenvalue weighted by atomic mass is 10.0. The van der Waals surface area contributed by atoms with Crippen molar-refractivity contribution < 1.29 is 28.7 Å². The van der Waals surface area contributed by atoms with Crippen LogP contribution in [-0.4, -0.2) is 65.9 Å². The summed E-state index contributed by atoms with van der Waals surface area (Å²) in [7, 11) is 0. The Kier molecular flexibility index (Phi) is 5.57. The maximum Gasteiger partial charge on any atom is 0.418 e. The molecule has 2 heterocycles. The Labute approximate surface area is 160 Å². The predicted octanol–water partition coefficient (Wildman–Crippen LogP) is -1.30. The van der Waals surface area contributed by atoms with Gasteiger partial charge in [0, 0.05) is 6.42 Å². The van der Waals surface area contributed by atoms with Crippen molar-refractivity contribution in [1.29, 1.82) is 0 Å². The van der Waals surface area contributed by atoms with Gasteiger partial charge >= 0.3 is 6.09 Å². The van der Waals surface area contributed by atoms with Gasteiger partial charge in [-0.2, -0.15) is 0 Å². The second-order valence-corrected chi connectivity index (χ2v) is 6.54. The monoisotopic (exact) mass is 388 g/mol. The van der Waals surface area contributed by atoms with E-state index in [4.69, 9.17) is 4.74 Å². The average molecular weight is 388 g/mol. The normalized spacial score (nSPS) is 26.2. The fourth-order valence-electron chi connectivity index (χ4n) is 3.01. The Bertz CT molecular complexity index is 812. The molecule has 3 N–H and O–H groups in total. The number of hydrogen-bond donors (Lipinski definition) is 3. The minimum absolute atomic E-state index is 0.0601. The van der Waals surface area contributed by atoms with Crippen molar-refractivity contribution in [3.8, 4) is 0 Å². The molecule has 0 aliphatic carbocycles. The van der Waals surface area contributed by atoms with Gasteiger partial charge in [-0.1, -0.05) is 30.3 Å². The van der Waals surface area contributed by atoms with Crippen LogP contribution in [0.15, 0.2) is 30.3 Å². The maximum absolute atomic E-state index is 12.7. The van der Waals surface area contributed by atoms with Crippen LogP contribution in [-0.2, 0) is 30.3 Å². The lowest BCUT2D eigenvalue weighted by Crippen LogP contribution is -2.53. The van der Waals surface area contributed by atoms with E-state index >= 15 is 0 Å². The number of carbonyl (C=O) groups excluding carboxylic acids is 5. The van der Waals surface area contributed by atoms with E-state index in [9.17, 15) is 24.0 Å². The molecule has 148 valence electrons. The molecule has 2 aliphatic heterocycles. The molecule has 2 saturated heterocycles. The van der Waals surface area contributed by atoms with E-state index in [0.717, 1.165) is 10.5 Å². The highest BCUT2D eigenvalue weighted by atomic mass is 16.6. The second-order valence-electron chi connectivity index (χ2n) is 6.54. The molecule has 1 aromatic carbocycles. The number of ether oxygens (including phenoxy) is 1. The molecule has 3 rings (SSSR count). The second kappa shape index (κ2) is 8.07. The van der Waals surface area contributed by atoms with Crippen LogP contribution >= 0.6 is 0 Å². The van der Waals surface area contributed by atoms with E-state index in [0.29, 0.717) is 0 Å². The smallest absolute Gasteiger partial charge is 0.418 e. The lowest BCUT2D eigenvalue weighted by Gasteiger charge is -2.23. The number of imide groups is 1. The number of carbonyl (C=O) groups is 5. The minimum atomic E-state index is -1.23. The van der Waals surface area contributed by atoms with Gasteiger partial charge in [0.15, 0.2) is 6.10 Å². The molecule has 0 saturated carbocycles. The van der Waals surface area contributed by atoms with Crippen LogP contribution in [0.1, 0.15) is 12.5 Å². The van der Waals surface area contributed by atoms with Crippen molar-refractivity contribution in [2.24, 2.45) is 0 Å². The van der Waals surface area contributed by atoms with Gasteiger partial charge in [-0.15, -0.1) is 0 Å². The quantitative estimate of drug-likeness (QED) is 0.576. The highest BCUT2D eigenvalue weighted by Gasteiger charge is 2.47. The summed E-state index contributed by atoms with van der Waals surface area (Å²) in [5.41, 5.74) is 0.724. The van der Waals surface area contributed by atoms with Gasteiger partial charge in [0.25, 0.3) is 5.91 Å². The number of benzene rings is 1. The molecule has 10 nitrogen and oxygen atoms in total. The molecule has 0 spiro atoms. The SMILES string of the molecule is C[C@@H]1NC(=O)CNC(=O)[C@@H](Cc2ccccc2)N2C(=O)O[C@H](CNC1=O)C2=O. The van der Waals surface area contributed by atoms with Crippen molar-refractivity contribution in [2.45, 2.75) is 31.5 Å². The summed E-state index contributed by atoms with van der Waals surface area (Å²) in [6, 6.07) is 6.78. The maximum atomic E-state index is 12.7. The molecule has 5 amide bonds. The molecular weight excluding hydrogens is 368 g/mol. The predicted molar refractivity (Wildman–Crippen MR) is 94.7 cm³/mol. The van der Waals surface area contributed by atoms with Crippen LogP contribution in [0, 0.1) is 0 Å². The number of fused-ring (bicyclic) bond motifs is 2. The molecule has 0 aromatic heterocycles. The topological polar surface area (TPSA) is 134 Å². The molecule has 0 unspecified atom stereocenters. The summed E-state index contributed by atoms with van der Waals surface area (Å²) in [5.74, 6) is -2.49. The number of rotatable bonds is 2. The molecule has 0 radical (unpaired) electrons. The summed E-state index contributed by atoms with van der Waals surface area (Å²) in [6.45, 7) is 0.809. The van der Waals surface area contributed by atoms with E-state index < -0.39 is 54.5 Å². The Balaban J connectivity index is 1.90. The van der Waals surface area contributed by atoms with Crippen LogP contribution in [0.3, 0.4) is 0 Å². The largest absolute Gasteiger partial charge is 0.434 e. The fourth-order valence-corrected chi connectivity index (χ4v) is 3.01. The first-order valence-electron chi connectivity index (χ1n) is 8.79. The Morgan fingerprint density at radius 2 is 1.75 bits per heavy atom. The van der Waals surface area contributed by atoms with Crippen molar-refractivity contribution in [1.82, 2.24) is 20.9 Å². The molecular formula is C18H20N4O6. The zero-order valence-electron chi connectivity index (χ0n) is 15.1. The molecule has 2 aliphatic rings. The van der Waals surface area contributed by atoms with Crippen LogP contribution in [0.4, 0.5) is 4.79 Å². The van der Waals surface area contributed by atoms with Crippen molar-refractivity contribution in [3.05, 3.63) is 35.9 Å². The number of hydrogen-bond acceptors (Lipinski definition) is 6. The van der Waals surface area contributed by atoms with Gasteiger partial charge in [0.05, 0.1) is 13.1 Å². The third-order valence-electron chi connectivity index (χ3n) is 4.49. The van der Waals surface area contributed by atoms with Crippen LogP contribution < -0.4 is 16.0 Å². The molecule has 28 heavy (non-hydrogen) atoms. The van der Waals surface area contributed by atoms with Gasteiger partial charge in [0.1, 0.15) is 12.1 Å². The molecule has 1 aromatic rings. The molecule has 2 fully saturated rings. The van der Waals surface area contributed by atoms with Crippen LogP contribution in [0.5, 0.6) is 0 Å². The van der Waals surface area contributed by atoms with E-state index in [1.54, 1.807) is 30.3 Å². The Morgan fingerprint density at radius 3 is 2.46 bits per heavy atom. The van der Waals surface area contributed by atoms with Crippen molar-refractivity contribution in [2.75, 3.05) is 13.1 Å². The van der Waals surface area contributed by atoms with Crippen LogP contribution in [0.25, 0.3) is 0 Å². The fraction of sp³-hybridized carbons (Fsp3) is 0.389. The van der Waals surface area contributed by atoms with E-state index in [2.05, 4.69) is 16.0 Å². The van der Waals surface area contributed by atoms with E-state index in [1.807, 2.05) is 0 Å². The molecule has 3 atom stereocenters. The average Bonchev–Trinajstić information content (AvgIpc) is 2.96. The van der Waals surface area contributed by atoms with Crippen molar-refractivity contribution >= 4 is 29.7 Å². The van der Waals surface area contributed by atoms with Gasteiger partial charge < -0.3 is 20.7 Å². The number of nitrogens with one attached hydrogen (secondary N) is 3. The lowest BCUT2D eigenvalue weighted by molar-refractivity contribution is -0.137. The van der Waals surface area contributed by atoms with Crippen molar-refractivity contribution in [3.63, 3.8) is 0 Å². The van der Waals surface area contributed by atoms with Gasteiger partial charge in [0.2, 0.25) is 17.7 Å². The molecule has 2 bridgehead atoms. The first kappa shape index (κ1) is 19.3. The standard InChI is InChI=1S/C18H20N4O6/c1-10-15(24)19-8-13-17(26)22(18(27)28-13)12(7-11-5-3-2-4-6-11)16(25)20-9-14(23)21-10/h2-6,10,12-13H,7-9H2,1H3,(H,19,24)(H,20,25)(H,21,23)/t10-,12+,13+/m0/s1. The summed E-state index contributed by atoms with van der Waals surface area (Å²) in [4.78, 5) is 62.4. The minimum Gasteiger partial charge on any atom is -0.434 e. The first-order chi connectivity index (χ1) is 13.4. The van der Waals surface area contributed by atoms with Crippen LogP contribution in [0.2, 0.25) is 0 Å². The van der Waals surface area contributed by atoms with Gasteiger partial charge in [-0.05, 0) is 12.5 Å². The summed E-state index contributed by atoms with van der Waals surface area (Å²) in [5, 5.41) is 7.32. The highest BCUT2D eigenvalue weighted by molar-refractivity contribution is 6.05. The van der Waals surface area contributed by atoms with Gasteiger partial charge in [-0.25, -0.2) is 9.69 Å². The summed E-state index contributed by atoms with van der Waals surface area (Å²) < 4.78 is 5.06. The third kappa shape index (κ3) is 4.11. The number of amides is 5. The Hall–Kier alpha value is -3.43. The summed E-state index contributed by atoms with van der Waals surface area (Å²) in [6.07, 6.45) is -2.13. The zero-order chi connectivity index (χ0) is 20.3. The zero-order valence-corrected chi connectivity index (χ0v) is 15.1.